The third-order valence-electron chi connectivity index (χ3n) is 9.28. The van der Waals surface area contributed by atoms with Crippen LogP contribution in [-0.4, -0.2) is 15.3 Å². The minimum Gasteiger partial charge on any atom is -0.312 e. The Morgan fingerprint density at radius 3 is 2.26 bits per heavy atom. The second-order valence-corrected chi connectivity index (χ2v) is 12.1. The topological polar surface area (TPSA) is 22.2 Å². The van der Waals surface area contributed by atoms with Gasteiger partial charge in [0.25, 0.3) is 0 Å². The van der Waals surface area contributed by atoms with Gasteiger partial charge in [0.05, 0.1) is 17.6 Å². The van der Waals surface area contributed by atoms with Crippen LogP contribution in [-0.2, 0) is 13.0 Å². The second-order valence-electron chi connectivity index (χ2n) is 12.1. The van der Waals surface area contributed by atoms with Gasteiger partial charge in [0, 0.05) is 50.6 Å². The van der Waals surface area contributed by atoms with Crippen molar-refractivity contribution >= 4 is 45.0 Å². The number of rotatable bonds is 6. The molecule has 0 saturated carbocycles. The van der Waals surface area contributed by atoms with Gasteiger partial charge in [-0.2, -0.15) is 0 Å². The molecule has 0 unspecified atom stereocenters. The fourth-order valence-electron chi connectivity index (χ4n) is 7.28. The lowest BCUT2D eigenvalue weighted by Crippen LogP contribution is -2.04. The number of aliphatic imine (C=N–C) groups is 1. The van der Waals surface area contributed by atoms with E-state index in [-0.39, 0.29) is 0 Å². The van der Waals surface area contributed by atoms with Gasteiger partial charge in [0.2, 0.25) is 0 Å². The summed E-state index contributed by atoms with van der Waals surface area (Å²) >= 11 is 0. The van der Waals surface area contributed by atoms with Gasteiger partial charge in [-0.1, -0.05) is 109 Å². The highest BCUT2D eigenvalue weighted by atomic mass is 15.0. The minimum atomic E-state index is 0.599. The third-order valence-corrected chi connectivity index (χ3v) is 9.28. The van der Waals surface area contributed by atoms with Crippen LogP contribution in [0.25, 0.3) is 61.3 Å². The highest BCUT2D eigenvalue weighted by molar-refractivity contribution is 6.22. The van der Waals surface area contributed by atoms with Crippen molar-refractivity contribution in [3.8, 4) is 22.5 Å². The predicted molar refractivity (Wildman–Crippen MR) is 196 cm³/mol. The average molecular weight is 602 g/mol. The van der Waals surface area contributed by atoms with E-state index < -0.39 is 0 Å². The molecule has 0 N–H and O–H groups in total. The normalized spacial score (nSPS) is 12.7. The lowest BCUT2D eigenvalue weighted by atomic mass is 9.96. The van der Waals surface area contributed by atoms with Gasteiger partial charge in [-0.15, -0.1) is 0 Å². The Morgan fingerprint density at radius 2 is 1.43 bits per heavy atom. The standard InChI is InChI=1S/C44H31N3/c1-4-15-31(16-5-1)29-45-30-32-17-14-22-35(27-32)47-41-26-13-11-24-37(41)39-28-38-36-23-10-12-25-40(36)46(34-20-8-3-9-21-34)43(38)42(44(39)47)33-18-6-2-7-19-33/h1-11,14-24,27-29H,12,25,30H2. The SMILES string of the molecule is c1ccc2c3cc4c5c(n(-c6ccccc6)c4c(-c4ccccc4)c3n(-c3cccc(CN=Cc4ccccc4)c3)c2c#1)CCC=C5. The zero-order valence-corrected chi connectivity index (χ0v) is 25.9. The van der Waals surface area contributed by atoms with Crippen LogP contribution in [0.2, 0.25) is 0 Å². The van der Waals surface area contributed by atoms with Crippen molar-refractivity contribution in [3.05, 3.63) is 174 Å². The van der Waals surface area contributed by atoms with Crippen molar-refractivity contribution in [1.29, 1.82) is 0 Å². The molecule has 0 amide bonds. The Morgan fingerprint density at radius 1 is 0.681 bits per heavy atom. The number of para-hydroxylation sites is 1. The first-order valence-corrected chi connectivity index (χ1v) is 16.2. The summed E-state index contributed by atoms with van der Waals surface area (Å²) in [5, 5.41) is 3.67. The Balaban J connectivity index is 1.37. The van der Waals surface area contributed by atoms with Crippen molar-refractivity contribution in [2.45, 2.75) is 19.4 Å². The summed E-state index contributed by atoms with van der Waals surface area (Å²) in [6.07, 6.45) is 8.65. The fraction of sp³-hybridized carbons (Fsp3) is 0.0682. The summed E-state index contributed by atoms with van der Waals surface area (Å²) in [7, 11) is 0. The van der Waals surface area contributed by atoms with Crippen LogP contribution in [0.3, 0.4) is 0 Å². The summed E-state index contributed by atoms with van der Waals surface area (Å²) in [4.78, 5) is 4.79. The number of allylic oxidation sites excluding steroid dienone is 1. The summed E-state index contributed by atoms with van der Waals surface area (Å²) in [5.74, 6) is 0. The van der Waals surface area contributed by atoms with Crippen LogP contribution in [0, 0.1) is 12.1 Å². The number of aromatic nitrogens is 2. The maximum Gasteiger partial charge on any atom is 0.105 e. The molecule has 222 valence electrons. The van der Waals surface area contributed by atoms with Crippen molar-refractivity contribution in [3.63, 3.8) is 0 Å². The van der Waals surface area contributed by atoms with Gasteiger partial charge in [-0.05, 0) is 78.1 Å². The van der Waals surface area contributed by atoms with E-state index in [1.807, 2.05) is 30.5 Å². The van der Waals surface area contributed by atoms with Crippen LogP contribution in [0.1, 0.15) is 28.8 Å². The van der Waals surface area contributed by atoms with Crippen molar-refractivity contribution in [2.75, 3.05) is 0 Å². The molecule has 3 heteroatoms. The van der Waals surface area contributed by atoms with Crippen LogP contribution in [0.4, 0.5) is 0 Å². The Hall–Kier alpha value is -6.11. The lowest BCUT2D eigenvalue weighted by Gasteiger charge is -2.17. The van der Waals surface area contributed by atoms with E-state index >= 15 is 0 Å². The molecule has 1 aliphatic rings. The number of nitrogens with zero attached hydrogens (tertiary/aromatic N) is 3. The van der Waals surface area contributed by atoms with Crippen molar-refractivity contribution in [1.82, 2.24) is 9.13 Å². The van der Waals surface area contributed by atoms with Gasteiger partial charge in [-0.25, -0.2) is 0 Å². The molecular formula is C44H31N3. The molecular weight excluding hydrogens is 571 g/mol. The van der Waals surface area contributed by atoms with Crippen LogP contribution in [0.5, 0.6) is 0 Å². The minimum absolute atomic E-state index is 0.599. The zero-order chi connectivity index (χ0) is 31.2. The Kier molecular flexibility index (Phi) is 6.58. The van der Waals surface area contributed by atoms with Crippen LogP contribution in [0.15, 0.2) is 145 Å². The number of fused-ring (bicyclic) bond motifs is 6. The molecule has 0 atom stereocenters. The van der Waals surface area contributed by atoms with Gasteiger partial charge < -0.3 is 9.13 Å². The van der Waals surface area contributed by atoms with Gasteiger partial charge in [0.1, 0.15) is 5.52 Å². The third kappa shape index (κ3) is 4.57. The molecule has 1 aliphatic carbocycles. The molecule has 0 saturated heterocycles. The zero-order valence-electron chi connectivity index (χ0n) is 25.9. The van der Waals surface area contributed by atoms with E-state index in [9.17, 15) is 0 Å². The smallest absolute Gasteiger partial charge is 0.105 e. The van der Waals surface area contributed by atoms with Crippen LogP contribution >= 0.6 is 0 Å². The van der Waals surface area contributed by atoms with Crippen LogP contribution < -0.4 is 0 Å². The monoisotopic (exact) mass is 601 g/mol. The molecule has 47 heavy (non-hydrogen) atoms. The van der Waals surface area contributed by atoms with Gasteiger partial charge in [-0.3, -0.25) is 4.99 Å². The maximum absolute atomic E-state index is 4.79. The molecule has 6 aromatic carbocycles. The Bertz CT molecular complexity index is 2460. The predicted octanol–water partition coefficient (Wildman–Crippen LogP) is 10.6. The van der Waals surface area contributed by atoms with Crippen molar-refractivity contribution in [2.24, 2.45) is 4.99 Å². The molecule has 0 radical (unpaired) electrons. The number of hydrogen-bond donors (Lipinski definition) is 0. The first-order chi connectivity index (χ1) is 23.3. The number of benzene rings is 5. The van der Waals surface area contributed by atoms with E-state index in [2.05, 4.69) is 143 Å². The molecule has 0 bridgehead atoms. The van der Waals surface area contributed by atoms with E-state index in [4.69, 9.17) is 4.99 Å². The van der Waals surface area contributed by atoms with Crippen molar-refractivity contribution < 1.29 is 0 Å². The average Bonchev–Trinajstić information content (AvgIpc) is 3.65. The van der Waals surface area contributed by atoms with Gasteiger partial charge >= 0.3 is 0 Å². The second kappa shape index (κ2) is 11.4. The quantitative estimate of drug-likeness (QED) is 0.169. The fourth-order valence-corrected chi connectivity index (χ4v) is 7.28. The summed E-state index contributed by atoms with van der Waals surface area (Å²) in [6, 6.07) is 54.1. The lowest BCUT2D eigenvalue weighted by molar-refractivity contribution is 0.889. The summed E-state index contributed by atoms with van der Waals surface area (Å²) in [6.45, 7) is 0.599. The maximum atomic E-state index is 4.79. The molecule has 0 spiro atoms. The molecule has 0 fully saturated rings. The highest BCUT2D eigenvalue weighted by Gasteiger charge is 2.26. The molecule has 0 aliphatic heterocycles. The van der Waals surface area contributed by atoms with E-state index in [1.54, 1.807) is 0 Å². The van der Waals surface area contributed by atoms with Gasteiger partial charge in [0.15, 0.2) is 0 Å². The first-order valence-electron chi connectivity index (χ1n) is 16.2. The Labute approximate surface area is 274 Å². The molecule has 2 heterocycles. The molecule has 2 aromatic heterocycles. The largest absolute Gasteiger partial charge is 0.312 e. The number of hydrogen-bond acceptors (Lipinski definition) is 1. The first kappa shape index (κ1) is 27.2. The molecule has 3 nitrogen and oxygen atoms in total. The summed E-state index contributed by atoms with van der Waals surface area (Å²) < 4.78 is 4.91. The molecule has 8 aromatic rings. The van der Waals surface area contributed by atoms with E-state index in [0.29, 0.717) is 6.54 Å². The van der Waals surface area contributed by atoms with E-state index in [1.165, 1.54) is 55.3 Å². The highest BCUT2D eigenvalue weighted by Crippen LogP contribution is 2.46. The summed E-state index contributed by atoms with van der Waals surface area (Å²) in [5.41, 5.74) is 13.1. The van der Waals surface area contributed by atoms with E-state index in [0.717, 1.165) is 35.2 Å². The molecule has 9 rings (SSSR count).